The molecular weight excluding hydrogens is 306 g/mol. The molecule has 24 heavy (non-hydrogen) atoms. The maximum atomic E-state index is 11.9. The minimum atomic E-state index is -0.271. The number of ether oxygens (including phenoxy) is 2. The summed E-state index contributed by atoms with van der Waals surface area (Å²) in [7, 11) is 3.10. The van der Waals surface area contributed by atoms with E-state index in [1.807, 2.05) is 18.2 Å². The Balaban J connectivity index is 2.33. The zero-order chi connectivity index (χ0) is 17.1. The standard InChI is InChI=1S/C18H15N3O3/c1-23-15-7-13-8-17(22)20-21-18(14(13)9-16(15)24-2)12-5-3-11(10-19)4-6-12/h3-9,21H,1-2H3,(H,20,22). The third-order valence-corrected chi connectivity index (χ3v) is 3.73. The number of carbonyl (C=O) groups excluding carboxylic acids is 1. The van der Waals surface area contributed by atoms with Gasteiger partial charge in [0.05, 0.1) is 31.5 Å². The summed E-state index contributed by atoms with van der Waals surface area (Å²) >= 11 is 0. The van der Waals surface area contributed by atoms with E-state index in [1.54, 1.807) is 32.4 Å². The van der Waals surface area contributed by atoms with Crippen LogP contribution in [0.4, 0.5) is 0 Å². The summed E-state index contributed by atoms with van der Waals surface area (Å²) in [6.07, 6.45) is 1.49. The van der Waals surface area contributed by atoms with Crippen molar-refractivity contribution < 1.29 is 14.3 Å². The number of hydrogen-bond acceptors (Lipinski definition) is 5. The molecule has 1 amide bonds. The fraction of sp³-hybridized carbons (Fsp3) is 0.111. The molecule has 0 saturated carbocycles. The predicted molar refractivity (Wildman–Crippen MR) is 88.2 cm³/mol. The van der Waals surface area contributed by atoms with E-state index in [1.165, 1.54) is 6.08 Å². The smallest absolute Gasteiger partial charge is 0.262 e. The van der Waals surface area contributed by atoms with Gasteiger partial charge in [-0.15, -0.1) is 0 Å². The molecule has 0 atom stereocenters. The molecule has 1 aliphatic rings. The first-order chi connectivity index (χ1) is 11.7. The molecular formula is C18H15N3O3. The Morgan fingerprint density at radius 3 is 2.29 bits per heavy atom. The Morgan fingerprint density at radius 2 is 1.67 bits per heavy atom. The van der Waals surface area contributed by atoms with Crippen molar-refractivity contribution in [2.24, 2.45) is 0 Å². The lowest BCUT2D eigenvalue weighted by molar-refractivity contribution is -0.115. The predicted octanol–water partition coefficient (Wildman–Crippen LogP) is 0.147. The van der Waals surface area contributed by atoms with Crippen LogP contribution in [-0.4, -0.2) is 20.1 Å². The van der Waals surface area contributed by atoms with Gasteiger partial charge in [-0.3, -0.25) is 15.6 Å². The minimum absolute atomic E-state index is 0.271. The molecule has 2 aromatic carbocycles. The van der Waals surface area contributed by atoms with Crippen molar-refractivity contribution in [3.63, 3.8) is 0 Å². The Morgan fingerprint density at radius 1 is 1.00 bits per heavy atom. The molecule has 1 aliphatic heterocycles. The Hall–Kier alpha value is -3.46. The fourth-order valence-electron chi connectivity index (χ4n) is 2.54. The van der Waals surface area contributed by atoms with Gasteiger partial charge in [0.1, 0.15) is 0 Å². The molecule has 0 aromatic heterocycles. The maximum absolute atomic E-state index is 11.9. The Labute approximate surface area is 138 Å². The van der Waals surface area contributed by atoms with E-state index < -0.39 is 0 Å². The monoisotopic (exact) mass is 321 g/mol. The summed E-state index contributed by atoms with van der Waals surface area (Å²) in [6, 6.07) is 12.7. The molecule has 2 N–H and O–H groups in total. The molecule has 0 radical (unpaired) electrons. The van der Waals surface area contributed by atoms with Gasteiger partial charge >= 0.3 is 0 Å². The van der Waals surface area contributed by atoms with Crippen molar-refractivity contribution in [2.45, 2.75) is 0 Å². The average Bonchev–Trinajstić information content (AvgIpc) is 2.78. The van der Waals surface area contributed by atoms with Crippen molar-refractivity contribution >= 4 is 17.7 Å². The second-order valence-electron chi connectivity index (χ2n) is 5.12. The number of carbonyl (C=O) groups is 1. The molecule has 3 rings (SSSR count). The number of amides is 1. The number of nitrogens with one attached hydrogen (secondary N) is 2. The van der Waals surface area contributed by atoms with Gasteiger partial charge in [-0.25, -0.2) is 0 Å². The van der Waals surface area contributed by atoms with Crippen LogP contribution < -0.4 is 30.8 Å². The van der Waals surface area contributed by atoms with Crippen LogP contribution in [0.5, 0.6) is 11.5 Å². The van der Waals surface area contributed by atoms with Crippen molar-refractivity contribution in [2.75, 3.05) is 14.2 Å². The van der Waals surface area contributed by atoms with Crippen molar-refractivity contribution in [3.05, 3.63) is 58.0 Å². The van der Waals surface area contributed by atoms with Gasteiger partial charge in [0.2, 0.25) is 0 Å². The zero-order valence-electron chi connectivity index (χ0n) is 13.2. The van der Waals surface area contributed by atoms with Crippen LogP contribution in [0.2, 0.25) is 0 Å². The van der Waals surface area contributed by atoms with Crippen LogP contribution in [0.15, 0.2) is 36.4 Å². The largest absolute Gasteiger partial charge is 0.493 e. The summed E-state index contributed by atoms with van der Waals surface area (Å²) in [5.74, 6) is 0.834. The Bertz CT molecular complexity index is 957. The van der Waals surface area contributed by atoms with Gasteiger partial charge < -0.3 is 9.47 Å². The highest BCUT2D eigenvalue weighted by Gasteiger charge is 2.13. The van der Waals surface area contributed by atoms with Gasteiger partial charge in [0.25, 0.3) is 5.91 Å². The first kappa shape index (κ1) is 15.4. The number of methoxy groups -OCH3 is 2. The van der Waals surface area contributed by atoms with Crippen molar-refractivity contribution in [3.8, 4) is 17.6 Å². The third-order valence-electron chi connectivity index (χ3n) is 3.73. The van der Waals surface area contributed by atoms with E-state index in [4.69, 9.17) is 14.7 Å². The lowest BCUT2D eigenvalue weighted by Crippen LogP contribution is -2.36. The maximum Gasteiger partial charge on any atom is 0.262 e. The highest BCUT2D eigenvalue weighted by atomic mass is 16.5. The molecule has 0 unspecified atom stereocenters. The molecule has 120 valence electrons. The van der Waals surface area contributed by atoms with Gasteiger partial charge in [0.15, 0.2) is 11.5 Å². The number of hydrogen-bond donors (Lipinski definition) is 2. The first-order valence-corrected chi connectivity index (χ1v) is 7.21. The van der Waals surface area contributed by atoms with Crippen LogP contribution in [0, 0.1) is 11.3 Å². The van der Waals surface area contributed by atoms with Crippen LogP contribution in [-0.2, 0) is 4.79 Å². The SMILES string of the molecule is COc1cc2c(cc1OC)=C(c1ccc(C#N)cc1)NNC(=O)C=2. The van der Waals surface area contributed by atoms with Gasteiger partial charge in [-0.05, 0) is 29.5 Å². The summed E-state index contributed by atoms with van der Waals surface area (Å²) in [5, 5.41) is 10.4. The quantitative estimate of drug-likeness (QED) is 0.841. The molecule has 0 saturated heterocycles. The second kappa shape index (κ2) is 6.34. The number of nitrogens with zero attached hydrogens (tertiary/aromatic N) is 1. The lowest BCUT2D eigenvalue weighted by atomic mass is 10.1. The normalized spacial score (nSPS) is 12.7. The molecule has 0 spiro atoms. The number of rotatable bonds is 3. The molecule has 0 aliphatic carbocycles. The van der Waals surface area contributed by atoms with E-state index in [0.717, 1.165) is 10.8 Å². The zero-order valence-corrected chi connectivity index (χ0v) is 13.2. The molecule has 2 aromatic rings. The fourth-order valence-corrected chi connectivity index (χ4v) is 2.54. The van der Waals surface area contributed by atoms with E-state index in [-0.39, 0.29) is 5.91 Å². The highest BCUT2D eigenvalue weighted by Crippen LogP contribution is 2.22. The summed E-state index contributed by atoms with van der Waals surface area (Å²) < 4.78 is 10.7. The number of hydrazine groups is 1. The van der Waals surface area contributed by atoms with Crippen molar-refractivity contribution in [1.29, 1.82) is 5.26 Å². The van der Waals surface area contributed by atoms with Crippen LogP contribution in [0.3, 0.4) is 0 Å². The molecule has 1 heterocycles. The topological polar surface area (TPSA) is 83.4 Å². The molecule has 0 bridgehead atoms. The second-order valence-corrected chi connectivity index (χ2v) is 5.12. The summed E-state index contributed by atoms with van der Waals surface area (Å²) in [5.41, 5.74) is 7.66. The van der Waals surface area contributed by atoms with Gasteiger partial charge in [-0.2, -0.15) is 5.26 Å². The Kier molecular flexibility index (Phi) is 4.08. The third kappa shape index (κ3) is 2.75. The number of fused-ring (bicyclic) bond motifs is 1. The average molecular weight is 321 g/mol. The van der Waals surface area contributed by atoms with Crippen molar-refractivity contribution in [1.82, 2.24) is 10.9 Å². The van der Waals surface area contributed by atoms with E-state index >= 15 is 0 Å². The molecule has 0 fully saturated rings. The van der Waals surface area contributed by atoms with Crippen LogP contribution >= 0.6 is 0 Å². The van der Waals surface area contributed by atoms with E-state index in [2.05, 4.69) is 16.9 Å². The summed E-state index contributed by atoms with van der Waals surface area (Å²) in [4.78, 5) is 11.9. The molecule has 6 heteroatoms. The van der Waals surface area contributed by atoms with Gasteiger partial charge in [-0.1, -0.05) is 12.1 Å². The van der Waals surface area contributed by atoms with E-state index in [0.29, 0.717) is 28.0 Å². The van der Waals surface area contributed by atoms with Gasteiger partial charge in [0, 0.05) is 16.9 Å². The van der Waals surface area contributed by atoms with Crippen LogP contribution in [0.1, 0.15) is 11.1 Å². The van der Waals surface area contributed by atoms with E-state index in [9.17, 15) is 4.79 Å². The minimum Gasteiger partial charge on any atom is -0.493 e. The first-order valence-electron chi connectivity index (χ1n) is 7.21. The highest BCUT2D eigenvalue weighted by molar-refractivity contribution is 6.04. The lowest BCUT2D eigenvalue weighted by Gasteiger charge is -2.12. The van der Waals surface area contributed by atoms with Crippen LogP contribution in [0.25, 0.3) is 11.8 Å². The number of benzene rings is 2. The summed E-state index contributed by atoms with van der Waals surface area (Å²) in [6.45, 7) is 0. The molecule has 6 nitrogen and oxygen atoms in total. The number of nitriles is 1.